The number of hydrogen-bond acceptors (Lipinski definition) is 13. The van der Waals surface area contributed by atoms with Crippen molar-refractivity contribution >= 4 is 5.91 Å². The Morgan fingerprint density at radius 1 is 0.438 bits per heavy atom. The SMILES string of the molecule is CCCCCCCCCCCCCCCCCCCCCCCCCCCCC(=O)N[C@@H](CO[C@@H]1O[C@H](CO)[C@@H](O[C@@H]2O[C@H](CO)[C@H](O)C(O)C2O)C(O)C1O)[C@H](O)CCCCCCCCCCCCCCC. The van der Waals surface area contributed by atoms with E-state index < -0.39 is 86.8 Å². The number of aliphatic hydroxyl groups is 8. The van der Waals surface area contributed by atoms with Gasteiger partial charge in [0.15, 0.2) is 12.6 Å². The highest BCUT2D eigenvalue weighted by molar-refractivity contribution is 5.76. The van der Waals surface area contributed by atoms with Crippen LogP contribution in [0.2, 0.25) is 0 Å². The van der Waals surface area contributed by atoms with E-state index in [4.69, 9.17) is 18.9 Å². The third-order valence-electron chi connectivity index (χ3n) is 15.6. The largest absolute Gasteiger partial charge is 0.394 e. The number of unbranched alkanes of at least 4 members (excludes halogenated alkanes) is 37. The molecule has 0 saturated carbocycles. The summed E-state index contributed by atoms with van der Waals surface area (Å²) in [7, 11) is 0. The van der Waals surface area contributed by atoms with Crippen LogP contribution in [0.1, 0.15) is 277 Å². The summed E-state index contributed by atoms with van der Waals surface area (Å²) in [6.45, 7) is 2.89. The lowest BCUT2D eigenvalue weighted by molar-refractivity contribution is -0.359. The molecule has 2 saturated heterocycles. The Morgan fingerprint density at radius 2 is 0.781 bits per heavy atom. The van der Waals surface area contributed by atoms with E-state index in [0.29, 0.717) is 12.8 Å². The molecule has 4 unspecified atom stereocenters. The van der Waals surface area contributed by atoms with Crippen LogP contribution in [0.15, 0.2) is 0 Å². The predicted molar refractivity (Wildman–Crippen MR) is 291 cm³/mol. The summed E-state index contributed by atoms with van der Waals surface area (Å²) in [6, 6.07) is -0.822. The standard InChI is InChI=1S/C59H115NO13/c1-3-5-7-9-11-13-15-17-18-19-20-21-22-23-24-25-26-27-28-29-31-33-35-37-39-41-43-51(64)60-47(48(63)42-40-38-36-34-32-30-16-14-12-10-8-6-4-2)46-70-58-56(69)54(67)57(50(45-62)72-58)73-59-55(68)53(66)52(65)49(44-61)71-59/h47-50,52-59,61-63,65-69H,3-46H2,1-2H3,(H,60,64)/t47-,48+,49+,50+,52-,53?,54?,55?,56?,57+,58+,59-/m0/s1. The van der Waals surface area contributed by atoms with Crippen molar-refractivity contribution in [2.24, 2.45) is 0 Å². The minimum atomic E-state index is -1.78. The van der Waals surface area contributed by atoms with Gasteiger partial charge in [0.2, 0.25) is 5.91 Å². The van der Waals surface area contributed by atoms with E-state index >= 15 is 0 Å². The molecule has 9 N–H and O–H groups in total. The van der Waals surface area contributed by atoms with Gasteiger partial charge >= 0.3 is 0 Å². The van der Waals surface area contributed by atoms with E-state index in [0.717, 1.165) is 51.4 Å². The first kappa shape index (κ1) is 68.1. The lowest BCUT2D eigenvalue weighted by atomic mass is 9.97. The summed E-state index contributed by atoms with van der Waals surface area (Å²) < 4.78 is 22.8. The van der Waals surface area contributed by atoms with E-state index in [-0.39, 0.29) is 12.5 Å². The van der Waals surface area contributed by atoms with Crippen LogP contribution in [0.3, 0.4) is 0 Å². The number of ether oxygens (including phenoxy) is 4. The number of amides is 1. The van der Waals surface area contributed by atoms with Gasteiger partial charge in [0.25, 0.3) is 0 Å². The van der Waals surface area contributed by atoms with Gasteiger partial charge in [0, 0.05) is 6.42 Å². The van der Waals surface area contributed by atoms with Crippen LogP contribution in [0, 0.1) is 0 Å². The first-order valence-electron chi connectivity index (χ1n) is 30.8. The molecule has 0 spiro atoms. The molecule has 1 amide bonds. The zero-order chi connectivity index (χ0) is 53.2. The topological polar surface area (TPSA) is 228 Å². The van der Waals surface area contributed by atoms with Crippen LogP contribution < -0.4 is 5.32 Å². The summed E-state index contributed by atoms with van der Waals surface area (Å²) in [5, 5.41) is 87.2. The maximum absolute atomic E-state index is 13.3. The second-order valence-electron chi connectivity index (χ2n) is 22.2. The Bertz CT molecular complexity index is 1230. The monoisotopic (exact) mass is 1050 g/mol. The molecule has 0 bridgehead atoms. The predicted octanol–water partition coefficient (Wildman–Crippen LogP) is 10.5. The molecule has 2 aliphatic heterocycles. The molecule has 2 rings (SSSR count). The van der Waals surface area contributed by atoms with Crippen molar-refractivity contribution in [2.45, 2.75) is 351 Å². The molecule has 0 aromatic carbocycles. The van der Waals surface area contributed by atoms with Crippen LogP contribution in [0.5, 0.6) is 0 Å². The average molecular weight is 1050 g/mol. The molecular formula is C59H115NO13. The van der Waals surface area contributed by atoms with Crippen LogP contribution >= 0.6 is 0 Å². The first-order valence-corrected chi connectivity index (χ1v) is 30.8. The molecule has 14 heteroatoms. The van der Waals surface area contributed by atoms with Gasteiger partial charge in [-0.3, -0.25) is 4.79 Å². The molecule has 0 aromatic heterocycles. The van der Waals surface area contributed by atoms with E-state index in [9.17, 15) is 45.6 Å². The molecule has 2 heterocycles. The highest BCUT2D eigenvalue weighted by Gasteiger charge is 2.51. The molecule has 12 atom stereocenters. The van der Waals surface area contributed by atoms with Crippen molar-refractivity contribution in [3.8, 4) is 0 Å². The maximum Gasteiger partial charge on any atom is 0.220 e. The second-order valence-corrected chi connectivity index (χ2v) is 22.2. The normalized spacial score (nSPS) is 25.3. The van der Waals surface area contributed by atoms with Gasteiger partial charge in [0.05, 0.1) is 32.0 Å². The third-order valence-corrected chi connectivity index (χ3v) is 15.6. The van der Waals surface area contributed by atoms with Gasteiger partial charge in [-0.25, -0.2) is 0 Å². The summed E-state index contributed by atoms with van der Waals surface area (Å²) in [4.78, 5) is 13.3. The van der Waals surface area contributed by atoms with Gasteiger partial charge in [0.1, 0.15) is 48.8 Å². The van der Waals surface area contributed by atoms with E-state index in [1.54, 1.807) is 0 Å². The zero-order valence-electron chi connectivity index (χ0n) is 46.7. The highest BCUT2D eigenvalue weighted by Crippen LogP contribution is 2.30. The van der Waals surface area contributed by atoms with Crippen molar-refractivity contribution in [1.82, 2.24) is 5.32 Å². The van der Waals surface area contributed by atoms with Crippen molar-refractivity contribution in [3.63, 3.8) is 0 Å². The van der Waals surface area contributed by atoms with Gasteiger partial charge in [-0.2, -0.15) is 0 Å². The first-order chi connectivity index (χ1) is 35.6. The molecule has 2 aliphatic rings. The number of nitrogens with one attached hydrogen (secondary N) is 1. The lowest BCUT2D eigenvalue weighted by Crippen LogP contribution is -2.65. The van der Waals surface area contributed by atoms with Crippen molar-refractivity contribution in [3.05, 3.63) is 0 Å². The Kier molecular flexibility index (Phi) is 42.9. The van der Waals surface area contributed by atoms with Crippen molar-refractivity contribution in [2.75, 3.05) is 19.8 Å². The fourth-order valence-electron chi connectivity index (χ4n) is 10.6. The quantitative estimate of drug-likeness (QED) is 0.0259. The van der Waals surface area contributed by atoms with Gasteiger partial charge in [-0.05, 0) is 12.8 Å². The fourth-order valence-corrected chi connectivity index (χ4v) is 10.6. The Labute approximate surface area is 444 Å². The molecule has 0 aliphatic carbocycles. The van der Waals surface area contributed by atoms with E-state index in [1.807, 2.05) is 0 Å². The zero-order valence-corrected chi connectivity index (χ0v) is 46.7. The molecule has 434 valence electrons. The molecular weight excluding hydrogens is 931 g/mol. The summed E-state index contributed by atoms with van der Waals surface area (Å²) >= 11 is 0. The molecule has 73 heavy (non-hydrogen) atoms. The molecule has 2 fully saturated rings. The summed E-state index contributed by atoms with van der Waals surface area (Å²) in [5.74, 6) is -0.200. The van der Waals surface area contributed by atoms with Gasteiger partial charge < -0.3 is 65.1 Å². The number of carbonyl (C=O) groups excluding carboxylic acids is 1. The smallest absolute Gasteiger partial charge is 0.220 e. The Balaban J connectivity index is 1.68. The minimum Gasteiger partial charge on any atom is -0.394 e. The summed E-state index contributed by atoms with van der Waals surface area (Å²) in [5.41, 5.74) is 0. The van der Waals surface area contributed by atoms with E-state index in [1.165, 1.54) is 199 Å². The maximum atomic E-state index is 13.3. The molecule has 0 aromatic rings. The second kappa shape index (κ2) is 46.0. The number of carbonyl (C=O) groups is 1. The highest BCUT2D eigenvalue weighted by atomic mass is 16.7. The average Bonchev–Trinajstić information content (AvgIpc) is 3.39. The summed E-state index contributed by atoms with van der Waals surface area (Å²) in [6.07, 6.45) is 34.0. The van der Waals surface area contributed by atoms with Crippen molar-refractivity contribution < 1.29 is 64.6 Å². The number of rotatable bonds is 50. The van der Waals surface area contributed by atoms with Gasteiger partial charge in [-0.15, -0.1) is 0 Å². The third kappa shape index (κ3) is 31.9. The minimum absolute atomic E-state index is 0.200. The van der Waals surface area contributed by atoms with Crippen LogP contribution in [0.25, 0.3) is 0 Å². The number of hydrogen-bond donors (Lipinski definition) is 9. The van der Waals surface area contributed by atoms with Crippen LogP contribution in [-0.4, -0.2) is 140 Å². The number of aliphatic hydroxyl groups excluding tert-OH is 8. The Hall–Kier alpha value is -1.01. The van der Waals surface area contributed by atoms with Crippen molar-refractivity contribution in [1.29, 1.82) is 0 Å². The van der Waals surface area contributed by atoms with Crippen LogP contribution in [0.4, 0.5) is 0 Å². The van der Waals surface area contributed by atoms with Crippen LogP contribution in [-0.2, 0) is 23.7 Å². The molecule has 14 nitrogen and oxygen atoms in total. The van der Waals surface area contributed by atoms with E-state index in [2.05, 4.69) is 19.2 Å². The van der Waals surface area contributed by atoms with Gasteiger partial charge in [-0.1, -0.05) is 258 Å². The lowest BCUT2D eigenvalue weighted by Gasteiger charge is -2.46. The Morgan fingerprint density at radius 3 is 1.16 bits per heavy atom. The fraction of sp³-hybridized carbons (Fsp3) is 0.983. The molecule has 0 radical (unpaired) electrons.